The lowest BCUT2D eigenvalue weighted by atomic mass is 10.1. The molecule has 1 saturated heterocycles. The monoisotopic (exact) mass is 401 g/mol. The lowest BCUT2D eigenvalue weighted by molar-refractivity contribution is -0.155. The molecule has 28 heavy (non-hydrogen) atoms. The number of ether oxygens (including phenoxy) is 2. The van der Waals surface area contributed by atoms with Gasteiger partial charge in [-0.15, -0.1) is 0 Å². The molecule has 148 valence electrons. The largest absolute Gasteiger partial charge is 0.616 e. The quantitative estimate of drug-likeness (QED) is 0.549. The van der Waals surface area contributed by atoms with E-state index in [0.717, 1.165) is 11.1 Å². The van der Waals surface area contributed by atoms with Crippen molar-refractivity contribution in [3.8, 4) is 0 Å². The first-order valence-corrected chi connectivity index (χ1v) is 10.7. The number of nitrogens with zero attached hydrogens (tertiary/aromatic N) is 1. The highest BCUT2D eigenvalue weighted by Crippen LogP contribution is 2.13. The summed E-state index contributed by atoms with van der Waals surface area (Å²) in [4.78, 5) is 26.6. The highest BCUT2D eigenvalue weighted by Gasteiger charge is 2.30. The molecule has 0 bridgehead atoms. The predicted octanol–water partition coefficient (Wildman–Crippen LogP) is 2.54. The Kier molecular flexibility index (Phi) is 7.33. The fourth-order valence-electron chi connectivity index (χ4n) is 2.84. The van der Waals surface area contributed by atoms with E-state index in [2.05, 4.69) is 0 Å². The summed E-state index contributed by atoms with van der Waals surface area (Å²) in [6.07, 6.45) is -1.37. The van der Waals surface area contributed by atoms with Gasteiger partial charge in [0.15, 0.2) is 0 Å². The Morgan fingerprint density at radius 2 is 1.54 bits per heavy atom. The summed E-state index contributed by atoms with van der Waals surface area (Å²) in [7, 11) is 0. The van der Waals surface area contributed by atoms with Gasteiger partial charge in [0.05, 0.1) is 13.1 Å². The Morgan fingerprint density at radius 3 is 2.14 bits per heavy atom. The summed E-state index contributed by atoms with van der Waals surface area (Å²) in [5.74, 6) is 0.273. The number of benzene rings is 2. The summed E-state index contributed by atoms with van der Waals surface area (Å²) in [6, 6.07) is 18.7. The van der Waals surface area contributed by atoms with Gasteiger partial charge in [0.25, 0.3) is 0 Å². The van der Waals surface area contributed by atoms with Crippen LogP contribution in [0.25, 0.3) is 0 Å². The third kappa shape index (κ3) is 6.00. The minimum atomic E-state index is -1.04. The van der Waals surface area contributed by atoms with Gasteiger partial charge in [0, 0.05) is 6.42 Å². The maximum atomic E-state index is 12.6. The van der Waals surface area contributed by atoms with Crippen LogP contribution in [0.3, 0.4) is 0 Å². The first kappa shape index (κ1) is 20.2. The molecule has 0 spiro atoms. The summed E-state index contributed by atoms with van der Waals surface area (Å²) in [6.45, 7) is 0.844. The number of hydrogen-bond donors (Lipinski definition) is 0. The van der Waals surface area contributed by atoms with Crippen LogP contribution in [-0.4, -0.2) is 52.2 Å². The fourth-order valence-corrected chi connectivity index (χ4v) is 3.89. The summed E-state index contributed by atoms with van der Waals surface area (Å²) >= 11 is -0.896. The van der Waals surface area contributed by atoms with Crippen LogP contribution in [0.15, 0.2) is 60.7 Å². The first-order valence-electron chi connectivity index (χ1n) is 9.17. The van der Waals surface area contributed by atoms with Crippen LogP contribution in [0.4, 0.5) is 4.79 Å². The zero-order chi connectivity index (χ0) is 19.8. The molecule has 1 fully saturated rings. The van der Waals surface area contributed by atoms with E-state index in [-0.39, 0.29) is 13.0 Å². The van der Waals surface area contributed by atoms with Gasteiger partial charge in [-0.3, -0.25) is 4.90 Å². The number of carbonyl (C=O) groups is 2. The van der Waals surface area contributed by atoms with Gasteiger partial charge < -0.3 is 14.0 Å². The molecular weight excluding hydrogens is 378 g/mol. The van der Waals surface area contributed by atoms with Crippen LogP contribution in [0.1, 0.15) is 11.1 Å². The standard InChI is InChI=1S/C21H23NO5S/c23-20(26-16-18-9-5-2-6-10-18)19(15-17-7-3-1-4-8-17)27-21(24)22-11-13-28(25)14-12-22/h1-10,19H,11-16H2. The van der Waals surface area contributed by atoms with Gasteiger partial charge in [0.2, 0.25) is 6.10 Å². The van der Waals surface area contributed by atoms with Crippen LogP contribution < -0.4 is 0 Å². The molecule has 3 rings (SSSR count). The normalized spacial score (nSPS) is 15.7. The molecule has 1 amide bonds. The number of rotatable bonds is 6. The van der Waals surface area contributed by atoms with Crippen molar-refractivity contribution in [3.63, 3.8) is 0 Å². The molecule has 1 unspecified atom stereocenters. The molecular formula is C21H23NO5S. The third-order valence-electron chi connectivity index (χ3n) is 4.43. The molecule has 0 saturated carbocycles. The average Bonchev–Trinajstić information content (AvgIpc) is 2.73. The second kappa shape index (κ2) is 10.1. The molecule has 6 nitrogen and oxygen atoms in total. The molecule has 1 aliphatic rings. The second-order valence-electron chi connectivity index (χ2n) is 6.49. The zero-order valence-corrected chi connectivity index (χ0v) is 16.3. The van der Waals surface area contributed by atoms with Crippen LogP contribution in [0.2, 0.25) is 0 Å². The molecule has 1 heterocycles. The zero-order valence-electron chi connectivity index (χ0n) is 15.5. The predicted molar refractivity (Wildman–Crippen MR) is 106 cm³/mol. The highest BCUT2D eigenvalue weighted by molar-refractivity contribution is 7.91. The molecule has 0 radical (unpaired) electrons. The van der Waals surface area contributed by atoms with E-state index in [0.29, 0.717) is 24.6 Å². The molecule has 2 aromatic rings. The maximum Gasteiger partial charge on any atom is 0.410 e. The lowest BCUT2D eigenvalue weighted by Crippen LogP contribution is -2.46. The van der Waals surface area contributed by atoms with E-state index < -0.39 is 29.3 Å². The molecule has 1 aliphatic heterocycles. The van der Waals surface area contributed by atoms with Crippen molar-refractivity contribution in [2.24, 2.45) is 0 Å². The Labute approximate surface area is 167 Å². The molecule has 7 heteroatoms. The summed E-state index contributed by atoms with van der Waals surface area (Å²) in [5.41, 5.74) is 1.73. The van der Waals surface area contributed by atoms with Gasteiger partial charge in [-0.25, -0.2) is 9.59 Å². The number of amides is 1. The van der Waals surface area contributed by atoms with E-state index >= 15 is 0 Å². The van der Waals surface area contributed by atoms with Crippen LogP contribution in [-0.2, 0) is 38.5 Å². The van der Waals surface area contributed by atoms with E-state index in [1.54, 1.807) is 0 Å². The molecule has 0 aromatic heterocycles. The van der Waals surface area contributed by atoms with Crippen molar-refractivity contribution in [1.82, 2.24) is 4.90 Å². The van der Waals surface area contributed by atoms with Crippen molar-refractivity contribution in [2.45, 2.75) is 19.1 Å². The van der Waals surface area contributed by atoms with Crippen LogP contribution in [0.5, 0.6) is 0 Å². The van der Waals surface area contributed by atoms with Crippen molar-refractivity contribution in [1.29, 1.82) is 0 Å². The Morgan fingerprint density at radius 1 is 0.964 bits per heavy atom. The van der Waals surface area contributed by atoms with E-state index in [1.807, 2.05) is 60.7 Å². The molecule has 0 aliphatic carbocycles. The number of carbonyl (C=O) groups excluding carboxylic acids is 2. The summed E-state index contributed by atoms with van der Waals surface area (Å²) in [5, 5.41) is 0. The molecule has 1 atom stereocenters. The Bertz CT molecular complexity index is 763. The number of hydrogen-bond acceptors (Lipinski definition) is 5. The average molecular weight is 401 g/mol. The van der Waals surface area contributed by atoms with Crippen molar-refractivity contribution in [2.75, 3.05) is 24.6 Å². The van der Waals surface area contributed by atoms with Crippen molar-refractivity contribution < 1.29 is 23.6 Å². The second-order valence-corrected chi connectivity index (χ2v) is 8.19. The molecule has 0 N–H and O–H groups in total. The van der Waals surface area contributed by atoms with Gasteiger partial charge >= 0.3 is 12.1 Å². The van der Waals surface area contributed by atoms with Gasteiger partial charge in [-0.05, 0) is 11.1 Å². The lowest BCUT2D eigenvalue weighted by Gasteiger charge is -2.28. The van der Waals surface area contributed by atoms with Gasteiger partial charge in [-0.2, -0.15) is 0 Å². The SMILES string of the molecule is O=C(OCc1ccccc1)C(Cc1ccccc1)OC(=O)N1CC[S+]([O-])CC1. The third-order valence-corrected chi connectivity index (χ3v) is 5.71. The van der Waals surface area contributed by atoms with Crippen LogP contribution in [0, 0.1) is 0 Å². The maximum absolute atomic E-state index is 12.6. The van der Waals surface area contributed by atoms with E-state index in [4.69, 9.17) is 9.47 Å². The minimum absolute atomic E-state index is 0.116. The number of esters is 1. The smallest absolute Gasteiger partial charge is 0.410 e. The highest BCUT2D eigenvalue weighted by atomic mass is 32.2. The van der Waals surface area contributed by atoms with E-state index in [1.165, 1.54) is 4.90 Å². The Balaban J connectivity index is 1.63. The van der Waals surface area contributed by atoms with Gasteiger partial charge in [-0.1, -0.05) is 71.8 Å². The first-order chi connectivity index (χ1) is 13.6. The molecule has 2 aromatic carbocycles. The van der Waals surface area contributed by atoms with Crippen molar-refractivity contribution in [3.05, 3.63) is 71.8 Å². The minimum Gasteiger partial charge on any atom is -0.616 e. The van der Waals surface area contributed by atoms with Crippen molar-refractivity contribution >= 4 is 23.2 Å². The summed E-state index contributed by atoms with van der Waals surface area (Å²) < 4.78 is 22.4. The van der Waals surface area contributed by atoms with Gasteiger partial charge in [0.1, 0.15) is 18.1 Å². The van der Waals surface area contributed by atoms with E-state index in [9.17, 15) is 14.1 Å². The fraction of sp³-hybridized carbons (Fsp3) is 0.333. The Hall–Kier alpha value is -2.51. The van der Waals surface area contributed by atoms with Crippen LogP contribution >= 0.6 is 0 Å². The topological polar surface area (TPSA) is 78.9 Å².